The van der Waals surface area contributed by atoms with E-state index in [1.165, 1.54) is 0 Å². The van der Waals surface area contributed by atoms with Crippen molar-refractivity contribution >= 4 is 11.9 Å². The summed E-state index contributed by atoms with van der Waals surface area (Å²) in [6.07, 6.45) is -15.7. The number of aliphatic carboxylic acids is 2. The number of nitrogens with zero attached hydrogens (tertiary/aromatic N) is 1. The molecule has 15 nitrogen and oxygen atoms in total. The lowest BCUT2D eigenvalue weighted by molar-refractivity contribution is -0.365. The van der Waals surface area contributed by atoms with Crippen LogP contribution in [-0.2, 0) is 28.5 Å². The van der Waals surface area contributed by atoms with Gasteiger partial charge >= 0.3 is 11.9 Å². The van der Waals surface area contributed by atoms with E-state index in [1.807, 2.05) is 43.3 Å². The number of carboxylic acid groups (broad SMARTS) is 2. The van der Waals surface area contributed by atoms with E-state index in [0.29, 0.717) is 25.1 Å². The van der Waals surface area contributed by atoms with E-state index in [9.17, 15) is 45.3 Å². The van der Waals surface area contributed by atoms with Gasteiger partial charge in [0.05, 0.1) is 12.7 Å². The molecule has 2 aliphatic heterocycles. The maximum absolute atomic E-state index is 12.2. The molecule has 3 aliphatic rings. The fourth-order valence-electron chi connectivity index (χ4n) is 6.32. The topological polar surface area (TPSA) is 225 Å². The second kappa shape index (κ2) is 14.3. The quantitative estimate of drug-likeness (QED) is 0.154. The molecule has 248 valence electrons. The Balaban J connectivity index is 1.67. The van der Waals surface area contributed by atoms with Crippen LogP contribution in [0.15, 0.2) is 24.3 Å². The summed E-state index contributed by atoms with van der Waals surface area (Å²) in [5.41, 5.74) is -0.0332. The van der Waals surface area contributed by atoms with Gasteiger partial charge in [-0.2, -0.15) is 0 Å². The second-order valence-corrected chi connectivity index (χ2v) is 11.9. The summed E-state index contributed by atoms with van der Waals surface area (Å²) in [6.45, 7) is 0.527. The van der Waals surface area contributed by atoms with Crippen molar-refractivity contribution in [1.29, 1.82) is 0 Å². The van der Waals surface area contributed by atoms with Gasteiger partial charge in [0, 0.05) is 12.5 Å². The van der Waals surface area contributed by atoms with Crippen LogP contribution in [0.5, 0.6) is 5.75 Å². The molecular weight excluding hydrogens is 586 g/mol. The minimum absolute atomic E-state index is 0.273. The number of hydrogen-bond acceptors (Lipinski definition) is 13. The van der Waals surface area contributed by atoms with Crippen molar-refractivity contribution in [2.24, 2.45) is 0 Å². The minimum atomic E-state index is -2.02. The molecule has 1 aromatic carbocycles. The Morgan fingerprint density at radius 2 is 1.41 bits per heavy atom. The lowest BCUT2D eigenvalue weighted by atomic mass is 9.72. The number of ether oxygens (including phenoxy) is 5. The molecule has 0 amide bonds. The number of carboxylic acids is 2. The van der Waals surface area contributed by atoms with E-state index >= 15 is 0 Å². The summed E-state index contributed by atoms with van der Waals surface area (Å²) in [6, 6.07) is 7.49. The minimum Gasteiger partial charge on any atom is -0.497 e. The predicted octanol–water partition coefficient (Wildman–Crippen LogP) is -1.13. The molecule has 3 fully saturated rings. The summed E-state index contributed by atoms with van der Waals surface area (Å²) in [7, 11) is 5.38. The van der Waals surface area contributed by atoms with Crippen LogP contribution in [-0.4, -0.2) is 147 Å². The smallest absolute Gasteiger partial charge is 0.335 e. The third kappa shape index (κ3) is 7.17. The van der Waals surface area contributed by atoms with E-state index in [2.05, 4.69) is 0 Å². The summed E-state index contributed by atoms with van der Waals surface area (Å²) >= 11 is 0. The van der Waals surface area contributed by atoms with Crippen molar-refractivity contribution in [3.8, 4) is 5.75 Å². The molecule has 11 unspecified atom stereocenters. The molecule has 1 saturated carbocycles. The average molecular weight is 630 g/mol. The molecule has 1 aromatic rings. The van der Waals surface area contributed by atoms with Crippen molar-refractivity contribution < 1.29 is 69.0 Å². The Kier molecular flexibility index (Phi) is 11.2. The molecule has 7 N–H and O–H groups in total. The molecule has 4 rings (SSSR count). The predicted molar refractivity (Wildman–Crippen MR) is 149 cm³/mol. The molecule has 0 radical (unpaired) electrons. The van der Waals surface area contributed by atoms with Crippen LogP contribution in [0.3, 0.4) is 0 Å². The second-order valence-electron chi connectivity index (χ2n) is 11.9. The first-order chi connectivity index (χ1) is 20.8. The molecule has 11 atom stereocenters. The SMILES string of the molecule is COc1ccc(C(CN(C)C)C2(OC3OC(C(=O)O)C(O)C(OC4OC(C(=O)O)C(O)C(O)C4O)C3O)CCCCC2)cc1. The molecule has 0 bridgehead atoms. The van der Waals surface area contributed by atoms with Crippen LogP contribution in [0.25, 0.3) is 0 Å². The molecule has 2 saturated heterocycles. The number of aliphatic hydroxyl groups excluding tert-OH is 5. The van der Waals surface area contributed by atoms with Gasteiger partial charge < -0.3 is 64.3 Å². The Morgan fingerprint density at radius 3 is 1.95 bits per heavy atom. The molecule has 1 aliphatic carbocycles. The standard InChI is InChI=1S/C29H43NO14/c1-30(2)13-16(14-7-9-15(40-3)10-8-14)29(11-5-4-6-12-29)44-28-21(35)22(20(34)24(43-28)26(38)39)41-27-19(33)17(31)18(32)23(42-27)25(36)37/h7-10,16-24,27-28,31-35H,4-6,11-13H2,1-3H3,(H,36,37)(H,38,39). The Bertz CT molecular complexity index is 1110. The van der Waals surface area contributed by atoms with Gasteiger partial charge in [-0.05, 0) is 44.6 Å². The first kappa shape index (κ1) is 34.4. The van der Waals surface area contributed by atoms with E-state index < -0.39 is 79.0 Å². The van der Waals surface area contributed by atoms with Crippen LogP contribution in [0.1, 0.15) is 43.6 Å². The first-order valence-electron chi connectivity index (χ1n) is 14.6. The van der Waals surface area contributed by atoms with Gasteiger partial charge in [-0.15, -0.1) is 0 Å². The third-order valence-electron chi connectivity index (χ3n) is 8.64. The van der Waals surface area contributed by atoms with Gasteiger partial charge in [-0.1, -0.05) is 31.4 Å². The third-order valence-corrected chi connectivity index (χ3v) is 8.64. The highest BCUT2D eigenvalue weighted by atomic mass is 16.7. The summed E-state index contributed by atoms with van der Waals surface area (Å²) in [5, 5.41) is 72.3. The van der Waals surface area contributed by atoms with Gasteiger partial charge in [0.1, 0.15) is 42.4 Å². The maximum atomic E-state index is 12.2. The molecule has 0 aromatic heterocycles. The lowest BCUT2D eigenvalue weighted by Crippen LogP contribution is -2.66. The van der Waals surface area contributed by atoms with E-state index in [1.54, 1.807) is 7.11 Å². The van der Waals surface area contributed by atoms with Gasteiger partial charge in [-0.3, -0.25) is 0 Å². The molecule has 44 heavy (non-hydrogen) atoms. The fourth-order valence-corrected chi connectivity index (χ4v) is 6.32. The maximum Gasteiger partial charge on any atom is 0.335 e. The van der Waals surface area contributed by atoms with E-state index in [0.717, 1.165) is 24.8 Å². The largest absolute Gasteiger partial charge is 0.497 e. The van der Waals surface area contributed by atoms with Crippen molar-refractivity contribution in [1.82, 2.24) is 4.90 Å². The fraction of sp³-hybridized carbons (Fsp3) is 0.724. The summed E-state index contributed by atoms with van der Waals surface area (Å²) < 4.78 is 28.3. The van der Waals surface area contributed by atoms with Crippen molar-refractivity contribution in [3.63, 3.8) is 0 Å². The van der Waals surface area contributed by atoms with Crippen LogP contribution in [0.4, 0.5) is 0 Å². The number of aliphatic hydroxyl groups is 5. The van der Waals surface area contributed by atoms with E-state index in [-0.39, 0.29) is 5.92 Å². The summed E-state index contributed by atoms with van der Waals surface area (Å²) in [5.74, 6) is -2.87. The zero-order valence-corrected chi connectivity index (χ0v) is 24.8. The normalized spacial score (nSPS) is 36.5. The first-order valence-corrected chi connectivity index (χ1v) is 14.6. The van der Waals surface area contributed by atoms with Crippen LogP contribution < -0.4 is 4.74 Å². The Labute approximate surface area is 254 Å². The highest BCUT2D eigenvalue weighted by Crippen LogP contribution is 2.46. The van der Waals surface area contributed by atoms with Gasteiger partial charge in [-0.25, -0.2) is 9.59 Å². The van der Waals surface area contributed by atoms with Crippen molar-refractivity contribution in [2.75, 3.05) is 27.7 Å². The highest BCUT2D eigenvalue weighted by Gasteiger charge is 2.56. The van der Waals surface area contributed by atoms with Crippen LogP contribution in [0.2, 0.25) is 0 Å². The van der Waals surface area contributed by atoms with Crippen LogP contribution >= 0.6 is 0 Å². The van der Waals surface area contributed by atoms with E-state index in [4.69, 9.17) is 23.7 Å². The lowest BCUT2D eigenvalue weighted by Gasteiger charge is -2.50. The Morgan fingerprint density at radius 1 is 0.841 bits per heavy atom. The van der Waals surface area contributed by atoms with Crippen molar-refractivity contribution in [3.05, 3.63) is 29.8 Å². The zero-order valence-electron chi connectivity index (χ0n) is 24.8. The number of hydrogen-bond donors (Lipinski definition) is 7. The van der Waals surface area contributed by atoms with Gasteiger partial charge in [0.25, 0.3) is 0 Å². The molecule has 2 heterocycles. The Hall–Kier alpha value is -2.44. The molecular formula is C29H43NO14. The number of benzene rings is 1. The number of likely N-dealkylation sites (N-methyl/N-ethyl adjacent to an activating group) is 1. The molecule has 0 spiro atoms. The van der Waals surface area contributed by atoms with Crippen LogP contribution in [0, 0.1) is 0 Å². The number of carbonyl (C=O) groups is 2. The molecule has 15 heteroatoms. The number of rotatable bonds is 11. The van der Waals surface area contributed by atoms with Crippen molar-refractivity contribution in [2.45, 2.75) is 105 Å². The zero-order chi connectivity index (χ0) is 32.3. The highest BCUT2D eigenvalue weighted by molar-refractivity contribution is 5.74. The monoisotopic (exact) mass is 629 g/mol. The van der Waals surface area contributed by atoms with Gasteiger partial charge in [0.15, 0.2) is 24.8 Å². The summed E-state index contributed by atoms with van der Waals surface area (Å²) in [4.78, 5) is 25.7. The number of methoxy groups -OCH3 is 1. The average Bonchev–Trinajstić information content (AvgIpc) is 2.99. The van der Waals surface area contributed by atoms with Gasteiger partial charge in [0.2, 0.25) is 0 Å².